The molecule has 0 unspecified atom stereocenters. The van der Waals surface area contributed by atoms with E-state index in [-0.39, 0.29) is 5.75 Å². The van der Waals surface area contributed by atoms with Crippen molar-refractivity contribution in [1.82, 2.24) is 4.98 Å². The zero-order valence-electron chi connectivity index (χ0n) is 11.0. The van der Waals surface area contributed by atoms with Crippen molar-refractivity contribution >= 4 is 5.69 Å². The maximum Gasteiger partial charge on any atom is 0.138 e. The lowest BCUT2D eigenvalue weighted by atomic mass is 10.1. The Kier molecular flexibility index (Phi) is 3.51. The molecule has 0 fully saturated rings. The lowest BCUT2D eigenvalue weighted by Gasteiger charge is -2.09. The van der Waals surface area contributed by atoms with Crippen LogP contribution in [-0.2, 0) is 6.54 Å². The maximum atomic E-state index is 9.71. The molecule has 1 heterocycles. The van der Waals surface area contributed by atoms with Crippen LogP contribution in [0.25, 0.3) is 0 Å². The molecule has 1 aromatic carbocycles. The first-order valence-corrected chi connectivity index (χ1v) is 6.03. The summed E-state index contributed by atoms with van der Waals surface area (Å²) in [4.78, 5) is 4.32. The van der Waals surface area contributed by atoms with E-state index < -0.39 is 0 Å². The first-order chi connectivity index (χ1) is 8.56. The largest absolute Gasteiger partial charge is 0.506 e. The van der Waals surface area contributed by atoms with Crippen molar-refractivity contribution in [2.24, 2.45) is 0 Å². The van der Waals surface area contributed by atoms with Crippen molar-refractivity contribution in [3.05, 3.63) is 52.8 Å². The van der Waals surface area contributed by atoms with Gasteiger partial charge in [-0.05, 0) is 56.2 Å². The van der Waals surface area contributed by atoms with E-state index in [1.807, 2.05) is 13.0 Å². The Hall–Kier alpha value is -2.03. The number of aromatic hydroxyl groups is 1. The second kappa shape index (κ2) is 5.08. The standard InChI is InChI=1S/C15H18N2O/c1-10-4-6-13(8-11(10)2)16-9-14-15(18)7-5-12(3)17-14/h4-8,16,18H,9H2,1-3H3. The van der Waals surface area contributed by atoms with Gasteiger partial charge in [0, 0.05) is 11.4 Å². The van der Waals surface area contributed by atoms with E-state index in [4.69, 9.17) is 0 Å². The summed E-state index contributed by atoms with van der Waals surface area (Å²) in [7, 11) is 0. The van der Waals surface area contributed by atoms with Crippen LogP contribution in [0.5, 0.6) is 5.75 Å². The Morgan fingerprint density at radius 2 is 1.83 bits per heavy atom. The highest BCUT2D eigenvalue weighted by molar-refractivity contribution is 5.48. The van der Waals surface area contributed by atoms with Gasteiger partial charge in [0.2, 0.25) is 0 Å². The van der Waals surface area contributed by atoms with Crippen LogP contribution in [0.15, 0.2) is 30.3 Å². The highest BCUT2D eigenvalue weighted by Crippen LogP contribution is 2.18. The van der Waals surface area contributed by atoms with Gasteiger partial charge in [0.05, 0.1) is 6.54 Å². The number of pyridine rings is 1. The van der Waals surface area contributed by atoms with Gasteiger partial charge >= 0.3 is 0 Å². The fraction of sp³-hybridized carbons (Fsp3) is 0.267. The molecule has 0 saturated carbocycles. The van der Waals surface area contributed by atoms with Crippen molar-refractivity contribution in [3.8, 4) is 5.75 Å². The summed E-state index contributed by atoms with van der Waals surface area (Å²) in [5.74, 6) is 0.233. The van der Waals surface area contributed by atoms with Gasteiger partial charge in [-0.2, -0.15) is 0 Å². The molecule has 0 aliphatic carbocycles. The van der Waals surface area contributed by atoms with Crippen LogP contribution in [0.4, 0.5) is 5.69 Å². The predicted molar refractivity (Wildman–Crippen MR) is 73.9 cm³/mol. The van der Waals surface area contributed by atoms with Crippen LogP contribution < -0.4 is 5.32 Å². The molecule has 0 saturated heterocycles. The van der Waals surface area contributed by atoms with Gasteiger partial charge < -0.3 is 10.4 Å². The Labute approximate surface area is 108 Å². The zero-order chi connectivity index (χ0) is 13.1. The van der Waals surface area contributed by atoms with Gasteiger partial charge in [0.1, 0.15) is 11.4 Å². The Balaban J connectivity index is 2.11. The van der Waals surface area contributed by atoms with Gasteiger partial charge in [-0.15, -0.1) is 0 Å². The number of hydrogen-bond acceptors (Lipinski definition) is 3. The molecule has 94 valence electrons. The zero-order valence-corrected chi connectivity index (χ0v) is 11.0. The van der Waals surface area contributed by atoms with E-state index in [0.717, 1.165) is 11.4 Å². The summed E-state index contributed by atoms with van der Waals surface area (Å²) >= 11 is 0. The Morgan fingerprint density at radius 1 is 1.06 bits per heavy atom. The first-order valence-electron chi connectivity index (χ1n) is 6.03. The second-order valence-corrected chi connectivity index (χ2v) is 4.57. The topological polar surface area (TPSA) is 45.1 Å². The summed E-state index contributed by atoms with van der Waals surface area (Å²) in [6.07, 6.45) is 0. The van der Waals surface area contributed by atoms with E-state index in [0.29, 0.717) is 12.2 Å². The third kappa shape index (κ3) is 2.80. The number of hydrogen-bond donors (Lipinski definition) is 2. The lowest BCUT2D eigenvalue weighted by molar-refractivity contribution is 0.464. The molecule has 2 N–H and O–H groups in total. The van der Waals surface area contributed by atoms with Crippen molar-refractivity contribution in [2.75, 3.05) is 5.32 Å². The molecule has 0 atom stereocenters. The number of rotatable bonds is 3. The maximum absolute atomic E-state index is 9.71. The molecule has 1 aromatic heterocycles. The molecule has 0 radical (unpaired) electrons. The number of anilines is 1. The van der Waals surface area contributed by atoms with E-state index in [2.05, 4.69) is 36.3 Å². The highest BCUT2D eigenvalue weighted by atomic mass is 16.3. The molecule has 0 amide bonds. The van der Waals surface area contributed by atoms with E-state index in [1.54, 1.807) is 12.1 Å². The SMILES string of the molecule is Cc1ccc(O)c(CNc2ccc(C)c(C)c2)n1. The van der Waals surface area contributed by atoms with Crippen molar-refractivity contribution in [1.29, 1.82) is 0 Å². The molecule has 2 aromatic rings. The molecular weight excluding hydrogens is 224 g/mol. The predicted octanol–water partition coefficient (Wildman–Crippen LogP) is 3.32. The normalized spacial score (nSPS) is 10.4. The lowest BCUT2D eigenvalue weighted by Crippen LogP contribution is -2.03. The summed E-state index contributed by atoms with van der Waals surface area (Å²) in [5.41, 5.74) is 5.15. The summed E-state index contributed by atoms with van der Waals surface area (Å²) < 4.78 is 0. The second-order valence-electron chi connectivity index (χ2n) is 4.57. The average molecular weight is 242 g/mol. The minimum Gasteiger partial charge on any atom is -0.506 e. The molecule has 0 aliphatic rings. The number of aryl methyl sites for hydroxylation is 3. The van der Waals surface area contributed by atoms with Gasteiger partial charge in [-0.3, -0.25) is 4.98 Å². The average Bonchev–Trinajstić information content (AvgIpc) is 2.34. The van der Waals surface area contributed by atoms with E-state index in [9.17, 15) is 5.11 Å². The van der Waals surface area contributed by atoms with Crippen LogP contribution >= 0.6 is 0 Å². The number of aromatic nitrogens is 1. The third-order valence-electron chi connectivity index (χ3n) is 3.06. The molecule has 3 nitrogen and oxygen atoms in total. The number of nitrogens with one attached hydrogen (secondary N) is 1. The van der Waals surface area contributed by atoms with Crippen LogP contribution in [0.2, 0.25) is 0 Å². The van der Waals surface area contributed by atoms with Crippen molar-refractivity contribution in [2.45, 2.75) is 27.3 Å². The fourth-order valence-electron chi connectivity index (χ4n) is 1.77. The van der Waals surface area contributed by atoms with Gasteiger partial charge in [-0.1, -0.05) is 6.07 Å². The Bertz CT molecular complexity index is 564. The van der Waals surface area contributed by atoms with Crippen LogP contribution in [0, 0.1) is 20.8 Å². The highest BCUT2D eigenvalue weighted by Gasteiger charge is 2.03. The molecule has 18 heavy (non-hydrogen) atoms. The minimum absolute atomic E-state index is 0.233. The molecule has 2 rings (SSSR count). The summed E-state index contributed by atoms with van der Waals surface area (Å²) in [6.45, 7) is 6.62. The van der Waals surface area contributed by atoms with E-state index >= 15 is 0 Å². The fourth-order valence-corrected chi connectivity index (χ4v) is 1.77. The number of benzene rings is 1. The van der Waals surface area contributed by atoms with Crippen LogP contribution in [0.3, 0.4) is 0 Å². The van der Waals surface area contributed by atoms with Crippen LogP contribution in [-0.4, -0.2) is 10.1 Å². The van der Waals surface area contributed by atoms with Gasteiger partial charge in [0.25, 0.3) is 0 Å². The van der Waals surface area contributed by atoms with Crippen molar-refractivity contribution < 1.29 is 5.11 Å². The molecule has 0 aliphatic heterocycles. The summed E-state index contributed by atoms with van der Waals surface area (Å²) in [5, 5.41) is 13.0. The smallest absolute Gasteiger partial charge is 0.138 e. The first kappa shape index (κ1) is 12.4. The van der Waals surface area contributed by atoms with Crippen molar-refractivity contribution in [3.63, 3.8) is 0 Å². The molecular formula is C15H18N2O. The minimum atomic E-state index is 0.233. The third-order valence-corrected chi connectivity index (χ3v) is 3.06. The molecule has 3 heteroatoms. The monoisotopic (exact) mass is 242 g/mol. The van der Waals surface area contributed by atoms with Gasteiger partial charge in [0.15, 0.2) is 0 Å². The number of nitrogens with zero attached hydrogens (tertiary/aromatic N) is 1. The molecule has 0 bridgehead atoms. The quantitative estimate of drug-likeness (QED) is 0.867. The summed E-state index contributed by atoms with van der Waals surface area (Å²) in [6, 6.07) is 9.70. The molecule has 0 spiro atoms. The van der Waals surface area contributed by atoms with E-state index in [1.165, 1.54) is 11.1 Å². The van der Waals surface area contributed by atoms with Crippen LogP contribution in [0.1, 0.15) is 22.5 Å². The Morgan fingerprint density at radius 3 is 2.56 bits per heavy atom. The van der Waals surface area contributed by atoms with Gasteiger partial charge in [-0.25, -0.2) is 0 Å².